The predicted octanol–water partition coefficient (Wildman–Crippen LogP) is 4.40. The smallest absolute Gasteiger partial charge is 0.342 e. The third-order valence-corrected chi connectivity index (χ3v) is 4.42. The number of benzene rings is 1. The van der Waals surface area contributed by atoms with Gasteiger partial charge in [0.15, 0.2) is 0 Å². The van der Waals surface area contributed by atoms with E-state index >= 15 is 0 Å². The number of esters is 1. The number of aromatic hydroxyl groups is 1. The molecule has 0 spiro atoms. The fourth-order valence-electron chi connectivity index (χ4n) is 2.76. The molecule has 0 bridgehead atoms. The summed E-state index contributed by atoms with van der Waals surface area (Å²) in [6.45, 7) is 6.20. The van der Waals surface area contributed by atoms with Crippen LogP contribution in [0.1, 0.15) is 74.7 Å². The largest absolute Gasteiger partial charge is 0.507 e. The fourth-order valence-corrected chi connectivity index (χ4v) is 2.76. The van der Waals surface area contributed by atoms with Gasteiger partial charge in [-0.05, 0) is 62.6 Å². The molecule has 2 rings (SSSR count). The van der Waals surface area contributed by atoms with Crippen molar-refractivity contribution in [1.82, 2.24) is 0 Å². The van der Waals surface area contributed by atoms with E-state index in [0.717, 1.165) is 37.7 Å². The van der Waals surface area contributed by atoms with Crippen LogP contribution in [0.15, 0.2) is 18.2 Å². The van der Waals surface area contributed by atoms with Crippen LogP contribution in [-0.2, 0) is 4.74 Å². The maximum atomic E-state index is 12.3. The molecule has 0 heterocycles. The summed E-state index contributed by atoms with van der Waals surface area (Å²) in [4.78, 5) is 12.3. The Bertz CT molecular complexity index is 487. The summed E-state index contributed by atoms with van der Waals surface area (Å²) in [5, 5.41) is 9.92. The molecule has 3 nitrogen and oxygen atoms in total. The number of carbonyl (C=O) groups is 1. The van der Waals surface area contributed by atoms with Crippen LogP contribution in [-0.4, -0.2) is 16.7 Å². The summed E-state index contributed by atoms with van der Waals surface area (Å²) in [6.07, 6.45) is 5.01. The number of carbonyl (C=O) groups excluding carboxylic acids is 1. The van der Waals surface area contributed by atoms with Crippen LogP contribution >= 0.6 is 0 Å². The third kappa shape index (κ3) is 3.14. The van der Waals surface area contributed by atoms with Gasteiger partial charge in [-0.1, -0.05) is 19.9 Å². The van der Waals surface area contributed by atoms with Crippen LogP contribution in [0.3, 0.4) is 0 Å². The lowest BCUT2D eigenvalue weighted by molar-refractivity contribution is -0.00634. The first kappa shape index (κ1) is 14.9. The van der Waals surface area contributed by atoms with Crippen LogP contribution in [0.4, 0.5) is 0 Å². The molecule has 1 saturated carbocycles. The van der Waals surface area contributed by atoms with Gasteiger partial charge >= 0.3 is 5.97 Å². The molecule has 0 radical (unpaired) electrons. The zero-order chi connectivity index (χ0) is 14.8. The van der Waals surface area contributed by atoms with E-state index in [2.05, 4.69) is 13.8 Å². The molecule has 0 saturated heterocycles. The van der Waals surface area contributed by atoms with Gasteiger partial charge in [0.25, 0.3) is 0 Å². The van der Waals surface area contributed by atoms with Crippen LogP contribution in [0, 0.1) is 0 Å². The molecule has 1 atom stereocenters. The van der Waals surface area contributed by atoms with Gasteiger partial charge in [0.05, 0.1) is 0 Å². The highest BCUT2D eigenvalue weighted by atomic mass is 16.6. The van der Waals surface area contributed by atoms with E-state index in [4.69, 9.17) is 4.74 Å². The summed E-state index contributed by atoms with van der Waals surface area (Å²) in [5.74, 6) is -0.0371. The van der Waals surface area contributed by atoms with E-state index in [9.17, 15) is 9.90 Å². The highest BCUT2D eigenvalue weighted by Gasteiger charge is 2.33. The van der Waals surface area contributed by atoms with Crippen molar-refractivity contribution in [2.45, 2.75) is 64.4 Å². The summed E-state index contributed by atoms with van der Waals surface area (Å²) in [5.41, 5.74) is 0.986. The van der Waals surface area contributed by atoms with Gasteiger partial charge in [-0.15, -0.1) is 0 Å². The first-order chi connectivity index (χ1) is 9.45. The quantitative estimate of drug-likeness (QED) is 0.829. The first-order valence-corrected chi connectivity index (χ1v) is 7.51. The Kier molecular flexibility index (Phi) is 4.36. The Morgan fingerprint density at radius 2 is 2.05 bits per heavy atom. The number of rotatable bonds is 4. The molecule has 0 aliphatic heterocycles. The van der Waals surface area contributed by atoms with E-state index in [0.29, 0.717) is 5.92 Å². The molecule has 1 N–H and O–H groups in total. The molecule has 1 aromatic rings. The van der Waals surface area contributed by atoms with Crippen LogP contribution in [0.2, 0.25) is 0 Å². The molecule has 110 valence electrons. The highest BCUT2D eigenvalue weighted by Crippen LogP contribution is 2.34. The molecule has 1 aliphatic carbocycles. The molecule has 1 fully saturated rings. The molecular formula is C17H24O3. The van der Waals surface area contributed by atoms with E-state index in [1.165, 1.54) is 0 Å². The predicted molar refractivity (Wildman–Crippen MR) is 79.1 cm³/mol. The molecule has 1 unspecified atom stereocenters. The number of ether oxygens (including phenoxy) is 1. The monoisotopic (exact) mass is 276 g/mol. The Labute approximate surface area is 121 Å². The summed E-state index contributed by atoms with van der Waals surface area (Å²) in [6, 6.07) is 5.23. The fraction of sp³-hybridized carbons (Fsp3) is 0.588. The lowest BCUT2D eigenvalue weighted by Crippen LogP contribution is -2.28. The number of phenolic OH excluding ortho intramolecular Hbond substituents is 1. The zero-order valence-corrected chi connectivity index (χ0v) is 12.6. The Morgan fingerprint density at radius 3 is 2.65 bits per heavy atom. The third-order valence-electron chi connectivity index (χ3n) is 4.42. The van der Waals surface area contributed by atoms with Crippen molar-refractivity contribution >= 4 is 5.97 Å². The second-order valence-corrected chi connectivity index (χ2v) is 6.13. The van der Waals surface area contributed by atoms with E-state index < -0.39 is 5.97 Å². The summed E-state index contributed by atoms with van der Waals surface area (Å²) >= 11 is 0. The maximum Gasteiger partial charge on any atom is 0.342 e. The lowest BCUT2D eigenvalue weighted by atomic mass is 9.96. The minimum atomic E-state index is -0.406. The minimum Gasteiger partial charge on any atom is -0.507 e. The summed E-state index contributed by atoms with van der Waals surface area (Å²) in [7, 11) is 0. The Morgan fingerprint density at radius 1 is 1.40 bits per heavy atom. The maximum absolute atomic E-state index is 12.3. The zero-order valence-electron chi connectivity index (χ0n) is 12.6. The number of phenols is 1. The van der Waals surface area contributed by atoms with Crippen molar-refractivity contribution in [3.05, 3.63) is 29.3 Å². The van der Waals surface area contributed by atoms with Gasteiger partial charge in [0, 0.05) is 0 Å². The molecule has 20 heavy (non-hydrogen) atoms. The minimum absolute atomic E-state index is 0.00338. The van der Waals surface area contributed by atoms with Gasteiger partial charge in [-0.3, -0.25) is 0 Å². The van der Waals surface area contributed by atoms with Crippen molar-refractivity contribution in [2.24, 2.45) is 0 Å². The van der Waals surface area contributed by atoms with E-state index in [1.54, 1.807) is 12.1 Å². The molecule has 1 aromatic carbocycles. The molecule has 1 aliphatic rings. The molecule has 3 heteroatoms. The normalized spacial score (nSPS) is 18.8. The second kappa shape index (κ2) is 5.86. The first-order valence-electron chi connectivity index (χ1n) is 7.51. The van der Waals surface area contributed by atoms with Crippen molar-refractivity contribution in [1.29, 1.82) is 0 Å². The highest BCUT2D eigenvalue weighted by molar-refractivity contribution is 5.93. The Balaban J connectivity index is 2.20. The molecular weight excluding hydrogens is 252 g/mol. The van der Waals surface area contributed by atoms with Gasteiger partial charge in [0.2, 0.25) is 0 Å². The average molecular weight is 276 g/mol. The van der Waals surface area contributed by atoms with Gasteiger partial charge in [-0.2, -0.15) is 0 Å². The topological polar surface area (TPSA) is 46.5 Å². The van der Waals surface area contributed by atoms with Gasteiger partial charge in [0.1, 0.15) is 16.9 Å². The second-order valence-electron chi connectivity index (χ2n) is 6.13. The van der Waals surface area contributed by atoms with Crippen LogP contribution in [0.25, 0.3) is 0 Å². The van der Waals surface area contributed by atoms with Crippen LogP contribution in [0.5, 0.6) is 5.75 Å². The van der Waals surface area contributed by atoms with E-state index in [1.807, 2.05) is 13.0 Å². The molecule has 0 aromatic heterocycles. The van der Waals surface area contributed by atoms with Crippen molar-refractivity contribution in [3.63, 3.8) is 0 Å². The molecule has 0 amide bonds. The number of hydrogen-bond donors (Lipinski definition) is 1. The standard InChI is InChI=1S/C17H24O3/c1-4-12(2)13-7-8-15(18)14(11-13)16(19)20-17(3)9-5-6-10-17/h7-8,11-12,18H,4-6,9-10H2,1-3H3. The number of hydrogen-bond acceptors (Lipinski definition) is 3. The van der Waals surface area contributed by atoms with Crippen molar-refractivity contribution < 1.29 is 14.6 Å². The van der Waals surface area contributed by atoms with Gasteiger partial charge in [-0.25, -0.2) is 4.79 Å². The van der Waals surface area contributed by atoms with Crippen LogP contribution < -0.4 is 0 Å². The average Bonchev–Trinajstić information content (AvgIpc) is 2.84. The summed E-state index contributed by atoms with van der Waals surface area (Å²) < 4.78 is 5.64. The lowest BCUT2D eigenvalue weighted by Gasteiger charge is -2.24. The van der Waals surface area contributed by atoms with Crippen molar-refractivity contribution in [2.75, 3.05) is 0 Å². The SMILES string of the molecule is CCC(C)c1ccc(O)c(C(=O)OC2(C)CCCC2)c1. The van der Waals surface area contributed by atoms with Gasteiger partial charge < -0.3 is 9.84 Å². The van der Waals surface area contributed by atoms with Crippen molar-refractivity contribution in [3.8, 4) is 5.75 Å². The van der Waals surface area contributed by atoms with E-state index in [-0.39, 0.29) is 16.9 Å². The Hall–Kier alpha value is -1.51.